The van der Waals surface area contributed by atoms with Gasteiger partial charge in [-0.2, -0.15) is 5.26 Å². The number of rotatable bonds is 1. The van der Waals surface area contributed by atoms with Gasteiger partial charge in [0.05, 0.1) is 11.6 Å². The number of phenolic OH excluding ortho intramolecular Hbond substituents is 1. The molecule has 0 aromatic heterocycles. The lowest BCUT2D eigenvalue weighted by molar-refractivity contribution is 0.433. The van der Waals surface area contributed by atoms with Crippen molar-refractivity contribution in [2.45, 2.75) is 0 Å². The SMILES string of the molecule is N#Cc1ccc(-c2cccc(O)c2F)cc1. The largest absolute Gasteiger partial charge is 0.505 e. The summed E-state index contributed by atoms with van der Waals surface area (Å²) >= 11 is 0. The van der Waals surface area contributed by atoms with Crippen LogP contribution >= 0.6 is 0 Å². The molecule has 0 aliphatic heterocycles. The Bertz CT molecular complexity index is 555. The Morgan fingerprint density at radius 1 is 1.06 bits per heavy atom. The van der Waals surface area contributed by atoms with Crippen LogP contribution in [0.2, 0.25) is 0 Å². The maximum atomic E-state index is 13.6. The van der Waals surface area contributed by atoms with Crippen molar-refractivity contribution < 1.29 is 9.50 Å². The molecule has 1 N–H and O–H groups in total. The summed E-state index contributed by atoms with van der Waals surface area (Å²) in [7, 11) is 0. The molecule has 0 unspecified atom stereocenters. The lowest BCUT2D eigenvalue weighted by Gasteiger charge is -2.04. The maximum absolute atomic E-state index is 13.6. The number of halogens is 1. The van der Waals surface area contributed by atoms with Crippen molar-refractivity contribution in [3.63, 3.8) is 0 Å². The van der Waals surface area contributed by atoms with Crippen molar-refractivity contribution in [3.05, 3.63) is 53.8 Å². The van der Waals surface area contributed by atoms with Gasteiger partial charge in [-0.05, 0) is 23.8 Å². The van der Waals surface area contributed by atoms with E-state index < -0.39 is 5.82 Å². The van der Waals surface area contributed by atoms with E-state index >= 15 is 0 Å². The first kappa shape index (κ1) is 10.2. The number of aromatic hydroxyl groups is 1. The molecule has 0 radical (unpaired) electrons. The third-order valence-electron chi connectivity index (χ3n) is 2.30. The predicted molar refractivity (Wildman–Crippen MR) is 58.2 cm³/mol. The Kier molecular flexibility index (Phi) is 2.57. The lowest BCUT2D eigenvalue weighted by Crippen LogP contribution is -1.85. The third kappa shape index (κ3) is 1.73. The molecule has 0 aliphatic carbocycles. The molecule has 0 saturated heterocycles. The van der Waals surface area contributed by atoms with E-state index in [1.165, 1.54) is 6.07 Å². The van der Waals surface area contributed by atoms with Crippen LogP contribution in [0.15, 0.2) is 42.5 Å². The summed E-state index contributed by atoms with van der Waals surface area (Å²) in [4.78, 5) is 0. The fourth-order valence-electron chi connectivity index (χ4n) is 1.47. The summed E-state index contributed by atoms with van der Waals surface area (Å²) in [5, 5.41) is 17.9. The first-order valence-electron chi connectivity index (χ1n) is 4.70. The van der Waals surface area contributed by atoms with E-state index in [2.05, 4.69) is 0 Å². The summed E-state index contributed by atoms with van der Waals surface area (Å²) in [5.41, 5.74) is 1.47. The molecule has 0 amide bonds. The Balaban J connectivity index is 2.51. The molecule has 2 rings (SSSR count). The fraction of sp³-hybridized carbons (Fsp3) is 0. The van der Waals surface area contributed by atoms with Crippen LogP contribution in [0.5, 0.6) is 5.75 Å². The zero-order valence-corrected chi connectivity index (χ0v) is 8.31. The zero-order valence-electron chi connectivity index (χ0n) is 8.31. The summed E-state index contributed by atoms with van der Waals surface area (Å²) < 4.78 is 13.6. The van der Waals surface area contributed by atoms with Crippen LogP contribution in [0, 0.1) is 17.1 Å². The topological polar surface area (TPSA) is 44.0 Å². The molecule has 0 saturated carbocycles. The molecule has 0 bridgehead atoms. The molecule has 16 heavy (non-hydrogen) atoms. The normalized spacial score (nSPS) is 9.75. The van der Waals surface area contributed by atoms with Crippen molar-refractivity contribution in [2.24, 2.45) is 0 Å². The fourth-order valence-corrected chi connectivity index (χ4v) is 1.47. The molecular formula is C13H8FNO. The van der Waals surface area contributed by atoms with Crippen molar-refractivity contribution in [1.29, 1.82) is 5.26 Å². The van der Waals surface area contributed by atoms with Crippen molar-refractivity contribution in [2.75, 3.05) is 0 Å². The van der Waals surface area contributed by atoms with Crippen molar-refractivity contribution in [3.8, 4) is 22.9 Å². The number of hydrogen-bond acceptors (Lipinski definition) is 2. The Morgan fingerprint density at radius 3 is 2.38 bits per heavy atom. The molecule has 0 spiro atoms. The average Bonchev–Trinajstić information content (AvgIpc) is 2.33. The van der Waals surface area contributed by atoms with Crippen molar-refractivity contribution >= 4 is 0 Å². The van der Waals surface area contributed by atoms with Gasteiger partial charge in [0.15, 0.2) is 11.6 Å². The number of hydrogen-bond donors (Lipinski definition) is 1. The van der Waals surface area contributed by atoms with Gasteiger partial charge in [-0.25, -0.2) is 4.39 Å². The van der Waals surface area contributed by atoms with E-state index in [0.717, 1.165) is 0 Å². The summed E-state index contributed by atoms with van der Waals surface area (Å²) in [5.74, 6) is -1.02. The summed E-state index contributed by atoms with van der Waals surface area (Å²) in [6.07, 6.45) is 0. The summed E-state index contributed by atoms with van der Waals surface area (Å²) in [6.45, 7) is 0. The minimum Gasteiger partial charge on any atom is -0.505 e. The Hall–Kier alpha value is -2.34. The van der Waals surface area contributed by atoms with Gasteiger partial charge in [0.25, 0.3) is 0 Å². The van der Waals surface area contributed by atoms with E-state index in [9.17, 15) is 9.50 Å². The van der Waals surface area contributed by atoms with E-state index in [0.29, 0.717) is 16.7 Å². The molecule has 2 aromatic carbocycles. The standard InChI is InChI=1S/C13H8FNO/c14-13-11(2-1-3-12(13)16)10-6-4-9(8-15)5-7-10/h1-7,16H. The van der Waals surface area contributed by atoms with Crippen LogP contribution in [0.4, 0.5) is 4.39 Å². The number of phenols is 1. The van der Waals surface area contributed by atoms with Crippen LogP contribution in [0.3, 0.4) is 0 Å². The highest BCUT2D eigenvalue weighted by Crippen LogP contribution is 2.28. The summed E-state index contributed by atoms with van der Waals surface area (Å²) in [6, 6.07) is 13.0. The highest BCUT2D eigenvalue weighted by Gasteiger charge is 2.08. The molecular weight excluding hydrogens is 205 g/mol. The van der Waals surface area contributed by atoms with Gasteiger partial charge in [-0.1, -0.05) is 24.3 Å². The minimum atomic E-state index is -0.646. The number of nitrogens with zero attached hydrogens (tertiary/aromatic N) is 1. The first-order chi connectivity index (χ1) is 7.72. The number of nitriles is 1. The quantitative estimate of drug-likeness (QED) is 0.791. The maximum Gasteiger partial charge on any atom is 0.172 e. The van der Waals surface area contributed by atoms with Gasteiger partial charge < -0.3 is 5.11 Å². The predicted octanol–water partition coefficient (Wildman–Crippen LogP) is 3.07. The van der Waals surface area contributed by atoms with Gasteiger partial charge in [0.2, 0.25) is 0 Å². The average molecular weight is 213 g/mol. The molecule has 2 aromatic rings. The Labute approximate surface area is 92.2 Å². The molecule has 0 fully saturated rings. The van der Waals surface area contributed by atoms with Gasteiger partial charge in [0.1, 0.15) is 0 Å². The van der Waals surface area contributed by atoms with E-state index in [1.54, 1.807) is 36.4 Å². The monoisotopic (exact) mass is 213 g/mol. The Morgan fingerprint density at radius 2 is 1.75 bits per heavy atom. The lowest BCUT2D eigenvalue weighted by atomic mass is 10.0. The van der Waals surface area contributed by atoms with Gasteiger partial charge in [0, 0.05) is 5.56 Å². The highest BCUT2D eigenvalue weighted by molar-refractivity contribution is 5.66. The van der Waals surface area contributed by atoms with Gasteiger partial charge in [-0.15, -0.1) is 0 Å². The zero-order chi connectivity index (χ0) is 11.5. The van der Waals surface area contributed by atoms with E-state index in [1.807, 2.05) is 6.07 Å². The van der Waals surface area contributed by atoms with Crippen LogP contribution in [-0.4, -0.2) is 5.11 Å². The molecule has 0 heterocycles. The van der Waals surface area contributed by atoms with Crippen LogP contribution in [0.25, 0.3) is 11.1 Å². The minimum absolute atomic E-state index is 0.324. The highest BCUT2D eigenvalue weighted by atomic mass is 19.1. The van der Waals surface area contributed by atoms with Crippen molar-refractivity contribution in [1.82, 2.24) is 0 Å². The molecule has 78 valence electrons. The first-order valence-corrected chi connectivity index (χ1v) is 4.70. The molecule has 0 aliphatic rings. The van der Waals surface area contributed by atoms with Gasteiger partial charge in [-0.3, -0.25) is 0 Å². The second kappa shape index (κ2) is 4.03. The van der Waals surface area contributed by atoms with E-state index in [-0.39, 0.29) is 5.75 Å². The number of benzene rings is 2. The smallest absolute Gasteiger partial charge is 0.172 e. The molecule has 0 atom stereocenters. The van der Waals surface area contributed by atoms with Crippen LogP contribution in [-0.2, 0) is 0 Å². The molecule has 2 nitrogen and oxygen atoms in total. The second-order valence-electron chi connectivity index (χ2n) is 3.33. The van der Waals surface area contributed by atoms with E-state index in [4.69, 9.17) is 5.26 Å². The third-order valence-corrected chi connectivity index (χ3v) is 2.30. The van der Waals surface area contributed by atoms with Crippen LogP contribution < -0.4 is 0 Å². The second-order valence-corrected chi connectivity index (χ2v) is 3.33. The van der Waals surface area contributed by atoms with Gasteiger partial charge >= 0.3 is 0 Å². The van der Waals surface area contributed by atoms with Crippen LogP contribution in [0.1, 0.15) is 5.56 Å². The molecule has 3 heteroatoms.